The summed E-state index contributed by atoms with van der Waals surface area (Å²) in [6.07, 6.45) is 4.27. The normalized spacial score (nSPS) is 29.0. The quantitative estimate of drug-likeness (QED) is 0.769. The Balaban J connectivity index is 1.47. The Bertz CT molecular complexity index is 826. The van der Waals surface area contributed by atoms with Crippen LogP contribution in [0.4, 0.5) is 4.79 Å². The van der Waals surface area contributed by atoms with E-state index in [9.17, 15) is 14.4 Å². The number of fused-ring (bicyclic) bond motifs is 1. The molecule has 150 valence electrons. The number of carbonyl (C=O) groups is 3. The van der Waals surface area contributed by atoms with Gasteiger partial charge in [0.15, 0.2) is 11.5 Å². The van der Waals surface area contributed by atoms with Crippen molar-refractivity contribution in [1.29, 1.82) is 0 Å². The fraction of sp³-hybridized carbons (Fsp3) is 0.550. The SMILES string of the molecule is C[C@H]1CCCC[C@@H]1NC(=O)CN1C(=O)N[C@](C)(c2ccc3c(c2)OCO3)C1=O. The monoisotopic (exact) mass is 387 g/mol. The molecule has 1 aliphatic carbocycles. The third-order valence-electron chi connectivity index (χ3n) is 5.98. The molecule has 1 saturated carbocycles. The molecule has 0 bridgehead atoms. The van der Waals surface area contributed by atoms with Crippen molar-refractivity contribution in [2.75, 3.05) is 13.3 Å². The van der Waals surface area contributed by atoms with Crippen LogP contribution in [0.15, 0.2) is 18.2 Å². The molecule has 28 heavy (non-hydrogen) atoms. The van der Waals surface area contributed by atoms with Crippen molar-refractivity contribution >= 4 is 17.8 Å². The Morgan fingerprint density at radius 1 is 1.25 bits per heavy atom. The van der Waals surface area contributed by atoms with Crippen LogP contribution in [0.25, 0.3) is 0 Å². The van der Waals surface area contributed by atoms with Gasteiger partial charge in [0.25, 0.3) is 5.91 Å². The van der Waals surface area contributed by atoms with Crippen LogP contribution in [0.1, 0.15) is 45.1 Å². The van der Waals surface area contributed by atoms with Crippen LogP contribution in [-0.4, -0.2) is 42.1 Å². The molecule has 8 nitrogen and oxygen atoms in total. The van der Waals surface area contributed by atoms with Crippen molar-refractivity contribution in [1.82, 2.24) is 15.5 Å². The van der Waals surface area contributed by atoms with E-state index in [1.807, 2.05) is 0 Å². The topological polar surface area (TPSA) is 97.0 Å². The minimum Gasteiger partial charge on any atom is -0.454 e. The average Bonchev–Trinajstić information content (AvgIpc) is 3.22. The highest BCUT2D eigenvalue weighted by Gasteiger charge is 2.50. The molecular formula is C20H25N3O5. The molecular weight excluding hydrogens is 362 g/mol. The molecule has 3 aliphatic rings. The highest BCUT2D eigenvalue weighted by Crippen LogP contribution is 2.37. The maximum absolute atomic E-state index is 13.0. The molecule has 4 rings (SSSR count). The number of hydrogen-bond acceptors (Lipinski definition) is 5. The number of urea groups is 1. The first-order chi connectivity index (χ1) is 13.4. The van der Waals surface area contributed by atoms with Gasteiger partial charge in [0.1, 0.15) is 12.1 Å². The summed E-state index contributed by atoms with van der Waals surface area (Å²) in [6.45, 7) is 3.59. The van der Waals surface area contributed by atoms with Crippen molar-refractivity contribution in [2.24, 2.45) is 5.92 Å². The molecule has 0 spiro atoms. The lowest BCUT2D eigenvalue weighted by Crippen LogP contribution is -2.47. The Hall–Kier alpha value is -2.77. The van der Waals surface area contributed by atoms with Gasteiger partial charge in [0, 0.05) is 6.04 Å². The van der Waals surface area contributed by atoms with Crippen molar-refractivity contribution in [3.63, 3.8) is 0 Å². The van der Waals surface area contributed by atoms with Gasteiger partial charge in [-0.3, -0.25) is 14.5 Å². The number of rotatable bonds is 4. The first-order valence-corrected chi connectivity index (χ1v) is 9.72. The smallest absolute Gasteiger partial charge is 0.325 e. The third kappa shape index (κ3) is 3.16. The van der Waals surface area contributed by atoms with E-state index in [1.54, 1.807) is 25.1 Å². The van der Waals surface area contributed by atoms with E-state index in [-0.39, 0.29) is 25.3 Å². The van der Waals surface area contributed by atoms with Crippen LogP contribution in [-0.2, 0) is 15.1 Å². The third-order valence-corrected chi connectivity index (χ3v) is 5.98. The lowest BCUT2D eigenvalue weighted by Gasteiger charge is -2.30. The molecule has 2 heterocycles. The zero-order valence-electron chi connectivity index (χ0n) is 16.1. The summed E-state index contributed by atoms with van der Waals surface area (Å²) < 4.78 is 10.7. The molecule has 2 N–H and O–H groups in total. The minimum atomic E-state index is -1.25. The second kappa shape index (κ2) is 7.00. The van der Waals surface area contributed by atoms with Gasteiger partial charge in [-0.25, -0.2) is 4.79 Å². The molecule has 4 amide bonds. The van der Waals surface area contributed by atoms with E-state index in [1.165, 1.54) is 6.42 Å². The Morgan fingerprint density at radius 3 is 2.79 bits per heavy atom. The molecule has 1 aromatic rings. The summed E-state index contributed by atoms with van der Waals surface area (Å²) in [6, 6.07) is 4.65. The van der Waals surface area contributed by atoms with Crippen LogP contribution >= 0.6 is 0 Å². The molecule has 1 aromatic carbocycles. The van der Waals surface area contributed by atoms with Gasteiger partial charge in [-0.2, -0.15) is 0 Å². The Labute approximate surface area is 163 Å². The van der Waals surface area contributed by atoms with Gasteiger partial charge in [0.2, 0.25) is 12.7 Å². The molecule has 1 saturated heterocycles. The zero-order valence-corrected chi connectivity index (χ0v) is 16.1. The number of ether oxygens (including phenoxy) is 2. The lowest BCUT2D eigenvalue weighted by atomic mass is 9.86. The van der Waals surface area contributed by atoms with Crippen molar-refractivity contribution in [3.05, 3.63) is 23.8 Å². The fourth-order valence-electron chi connectivity index (χ4n) is 4.17. The number of nitrogens with one attached hydrogen (secondary N) is 2. The van der Waals surface area contributed by atoms with Gasteiger partial charge in [0.05, 0.1) is 0 Å². The standard InChI is InChI=1S/C20H25N3O5/c1-12-5-3-4-6-14(12)21-17(24)10-23-18(25)20(2,22-19(23)26)13-7-8-15-16(9-13)28-11-27-15/h7-9,12,14H,3-6,10-11H2,1-2H3,(H,21,24)(H,22,26)/t12-,14-,20+/m0/s1. The van der Waals surface area contributed by atoms with Gasteiger partial charge in [-0.15, -0.1) is 0 Å². The molecule has 0 radical (unpaired) electrons. The van der Waals surface area contributed by atoms with E-state index in [4.69, 9.17) is 9.47 Å². The molecule has 0 unspecified atom stereocenters. The van der Waals surface area contributed by atoms with Gasteiger partial charge < -0.3 is 20.1 Å². The van der Waals surface area contributed by atoms with E-state index >= 15 is 0 Å². The maximum atomic E-state index is 13.0. The van der Waals surface area contributed by atoms with E-state index in [0.717, 1.165) is 24.2 Å². The van der Waals surface area contributed by atoms with Crippen LogP contribution in [0.3, 0.4) is 0 Å². The molecule has 8 heteroatoms. The van der Waals surface area contributed by atoms with E-state index in [2.05, 4.69) is 17.6 Å². The summed E-state index contributed by atoms with van der Waals surface area (Å²) in [5.41, 5.74) is -0.671. The summed E-state index contributed by atoms with van der Waals surface area (Å²) in [5, 5.41) is 5.70. The van der Waals surface area contributed by atoms with Crippen molar-refractivity contribution in [3.8, 4) is 11.5 Å². The highest BCUT2D eigenvalue weighted by atomic mass is 16.7. The van der Waals surface area contributed by atoms with Crippen molar-refractivity contribution < 1.29 is 23.9 Å². The number of amides is 4. The minimum absolute atomic E-state index is 0.0993. The van der Waals surface area contributed by atoms with Gasteiger partial charge >= 0.3 is 6.03 Å². The molecule has 2 aliphatic heterocycles. The first kappa shape index (κ1) is 18.6. The second-order valence-corrected chi connectivity index (χ2v) is 7.95. The Kier molecular flexibility index (Phi) is 4.64. The predicted molar refractivity (Wildman–Crippen MR) is 99.7 cm³/mol. The predicted octanol–water partition coefficient (Wildman–Crippen LogP) is 1.88. The summed E-state index contributed by atoms with van der Waals surface area (Å²) in [5.74, 6) is 0.769. The molecule has 2 fully saturated rings. The average molecular weight is 387 g/mol. The van der Waals surface area contributed by atoms with E-state index < -0.39 is 17.5 Å². The highest BCUT2D eigenvalue weighted by molar-refractivity contribution is 6.09. The number of imide groups is 1. The summed E-state index contributed by atoms with van der Waals surface area (Å²) in [7, 11) is 0. The van der Waals surface area contributed by atoms with Gasteiger partial charge in [-0.05, 0) is 43.4 Å². The Morgan fingerprint density at radius 2 is 2.00 bits per heavy atom. The largest absolute Gasteiger partial charge is 0.454 e. The number of carbonyl (C=O) groups excluding carboxylic acids is 3. The van der Waals surface area contributed by atoms with Crippen LogP contribution in [0.2, 0.25) is 0 Å². The van der Waals surface area contributed by atoms with Crippen molar-refractivity contribution in [2.45, 2.75) is 51.1 Å². The fourth-order valence-corrected chi connectivity index (χ4v) is 4.17. The summed E-state index contributed by atoms with van der Waals surface area (Å²) in [4.78, 5) is 38.9. The maximum Gasteiger partial charge on any atom is 0.325 e. The summed E-state index contributed by atoms with van der Waals surface area (Å²) >= 11 is 0. The zero-order chi connectivity index (χ0) is 19.9. The number of nitrogens with zero attached hydrogens (tertiary/aromatic N) is 1. The van der Waals surface area contributed by atoms with E-state index in [0.29, 0.717) is 23.0 Å². The second-order valence-electron chi connectivity index (χ2n) is 7.95. The molecule has 3 atom stereocenters. The molecule has 0 aromatic heterocycles. The first-order valence-electron chi connectivity index (χ1n) is 9.72. The lowest BCUT2D eigenvalue weighted by molar-refractivity contribution is -0.135. The van der Waals surface area contributed by atoms with Crippen LogP contribution in [0.5, 0.6) is 11.5 Å². The van der Waals surface area contributed by atoms with Gasteiger partial charge in [-0.1, -0.05) is 25.8 Å². The number of hydrogen-bond donors (Lipinski definition) is 2. The van der Waals surface area contributed by atoms with Crippen LogP contribution < -0.4 is 20.1 Å². The van der Waals surface area contributed by atoms with Crippen LogP contribution in [0, 0.1) is 5.92 Å². The number of benzene rings is 1.